The molecule has 0 radical (unpaired) electrons. The number of carbonyl (C=O) groups is 1. The Hall–Kier alpha value is -4.19. The second-order valence-corrected chi connectivity index (χ2v) is 8.46. The summed E-state index contributed by atoms with van der Waals surface area (Å²) in [6, 6.07) is 13.2. The van der Waals surface area contributed by atoms with Gasteiger partial charge in [-0.25, -0.2) is 19.7 Å². The normalized spacial score (nSPS) is 17.4. The van der Waals surface area contributed by atoms with Crippen LogP contribution in [0.2, 0.25) is 0 Å². The number of rotatable bonds is 6. The lowest BCUT2D eigenvalue weighted by Crippen LogP contribution is -2.40. The predicted molar refractivity (Wildman–Crippen MR) is 125 cm³/mol. The summed E-state index contributed by atoms with van der Waals surface area (Å²) >= 11 is 0. The molecule has 1 atom stereocenters. The zero-order valence-corrected chi connectivity index (χ0v) is 18.0. The topological polar surface area (TPSA) is 133 Å². The molecule has 0 bridgehead atoms. The fourth-order valence-corrected chi connectivity index (χ4v) is 4.13. The quantitative estimate of drug-likeness (QED) is 0.536. The van der Waals surface area contributed by atoms with E-state index in [2.05, 4.69) is 43.7 Å². The molecule has 9 nitrogen and oxygen atoms in total. The number of hydrogen-bond donors (Lipinski definition) is 3. The van der Waals surface area contributed by atoms with Gasteiger partial charge in [0.15, 0.2) is 0 Å². The molecule has 1 aliphatic heterocycles. The molecule has 1 saturated heterocycles. The van der Waals surface area contributed by atoms with Gasteiger partial charge in [0.2, 0.25) is 0 Å². The Kier molecular flexibility index (Phi) is 5.48. The number of carbonyl (C=O) groups excluding carboxylic acids is 1. The van der Waals surface area contributed by atoms with E-state index in [0.717, 1.165) is 30.0 Å². The average molecular weight is 441 g/mol. The van der Waals surface area contributed by atoms with Crippen LogP contribution < -0.4 is 21.3 Å². The summed E-state index contributed by atoms with van der Waals surface area (Å²) in [5, 5.41) is 15.2. The molecule has 2 amide bonds. The van der Waals surface area contributed by atoms with Crippen LogP contribution in [0.3, 0.4) is 0 Å². The summed E-state index contributed by atoms with van der Waals surface area (Å²) in [7, 11) is 0. The fraction of sp³-hybridized carbons (Fsp3) is 0.292. The first-order valence-electron chi connectivity index (χ1n) is 11.0. The van der Waals surface area contributed by atoms with Crippen LogP contribution in [0, 0.1) is 11.3 Å². The second kappa shape index (κ2) is 8.74. The van der Waals surface area contributed by atoms with Gasteiger partial charge in [-0.3, -0.25) is 0 Å². The lowest BCUT2D eigenvalue weighted by atomic mass is 10.1. The number of aromatic nitrogens is 3. The van der Waals surface area contributed by atoms with E-state index in [1.807, 2.05) is 18.3 Å². The van der Waals surface area contributed by atoms with Gasteiger partial charge >= 0.3 is 6.03 Å². The first kappa shape index (κ1) is 20.7. The second-order valence-electron chi connectivity index (χ2n) is 8.46. The zero-order chi connectivity index (χ0) is 22.8. The maximum atomic E-state index is 11.1. The van der Waals surface area contributed by atoms with Gasteiger partial charge in [0.05, 0.1) is 17.3 Å². The summed E-state index contributed by atoms with van der Waals surface area (Å²) in [5.74, 6) is 2.70. The van der Waals surface area contributed by atoms with Gasteiger partial charge in [0.25, 0.3) is 0 Å². The zero-order valence-electron chi connectivity index (χ0n) is 18.0. The van der Waals surface area contributed by atoms with Gasteiger partial charge < -0.3 is 21.3 Å². The highest BCUT2D eigenvalue weighted by Gasteiger charge is 2.26. The Morgan fingerprint density at radius 1 is 1.12 bits per heavy atom. The molecular formula is C24H24N8O. The minimum Gasteiger partial charge on any atom is -0.354 e. The average Bonchev–Trinajstić information content (AvgIpc) is 3.58. The molecule has 1 saturated carbocycles. The molecule has 9 heteroatoms. The largest absolute Gasteiger partial charge is 0.354 e. The molecule has 0 unspecified atom stereocenters. The Labute approximate surface area is 191 Å². The number of anilines is 3. The number of urea groups is 1. The van der Waals surface area contributed by atoms with Gasteiger partial charge in [-0.1, -0.05) is 0 Å². The Bertz CT molecular complexity index is 1220. The molecule has 166 valence electrons. The van der Waals surface area contributed by atoms with Gasteiger partial charge in [-0.05, 0) is 67.1 Å². The molecule has 2 fully saturated rings. The summed E-state index contributed by atoms with van der Waals surface area (Å²) in [6.45, 7) is 1.50. The summed E-state index contributed by atoms with van der Waals surface area (Å²) in [5.41, 5.74) is 8.79. The van der Waals surface area contributed by atoms with Crippen LogP contribution in [-0.2, 0) is 0 Å². The molecule has 3 aromatic heterocycles. The van der Waals surface area contributed by atoms with Crippen molar-refractivity contribution >= 4 is 23.5 Å². The van der Waals surface area contributed by atoms with E-state index in [4.69, 9.17) is 16.0 Å². The first-order chi connectivity index (χ1) is 16.1. The molecule has 33 heavy (non-hydrogen) atoms. The number of hydrogen-bond acceptors (Lipinski definition) is 7. The molecule has 0 aromatic carbocycles. The van der Waals surface area contributed by atoms with E-state index in [1.165, 1.54) is 18.4 Å². The van der Waals surface area contributed by atoms with Gasteiger partial charge in [-0.15, -0.1) is 0 Å². The third-order valence-corrected chi connectivity index (χ3v) is 5.94. The van der Waals surface area contributed by atoms with E-state index in [0.29, 0.717) is 29.7 Å². The molecule has 4 N–H and O–H groups in total. The van der Waals surface area contributed by atoms with Crippen molar-refractivity contribution in [3.05, 3.63) is 59.9 Å². The summed E-state index contributed by atoms with van der Waals surface area (Å²) in [6.07, 6.45) is 6.64. The van der Waals surface area contributed by atoms with Crippen LogP contribution >= 0.6 is 0 Å². The number of pyridine rings is 3. The number of amides is 2. The number of nitrogens with one attached hydrogen (secondary N) is 2. The van der Waals surface area contributed by atoms with E-state index in [-0.39, 0.29) is 6.04 Å². The Morgan fingerprint density at radius 3 is 2.73 bits per heavy atom. The van der Waals surface area contributed by atoms with Crippen molar-refractivity contribution < 1.29 is 4.79 Å². The van der Waals surface area contributed by atoms with Crippen molar-refractivity contribution in [2.24, 2.45) is 5.73 Å². The Balaban J connectivity index is 1.37. The van der Waals surface area contributed by atoms with Gasteiger partial charge in [-0.2, -0.15) is 5.26 Å². The van der Waals surface area contributed by atoms with Crippen LogP contribution in [0.5, 0.6) is 0 Å². The van der Waals surface area contributed by atoms with Crippen molar-refractivity contribution in [2.45, 2.75) is 31.2 Å². The van der Waals surface area contributed by atoms with Crippen LogP contribution in [0.25, 0.3) is 11.3 Å². The third kappa shape index (κ3) is 4.85. The van der Waals surface area contributed by atoms with Crippen LogP contribution in [-0.4, -0.2) is 40.1 Å². The maximum absolute atomic E-state index is 11.1. The number of nitrogens with two attached hydrogens (primary N) is 1. The van der Waals surface area contributed by atoms with E-state index in [9.17, 15) is 4.79 Å². The lowest BCUT2D eigenvalue weighted by molar-refractivity contribution is 0.246. The minimum atomic E-state index is -0.495. The van der Waals surface area contributed by atoms with Gasteiger partial charge in [0, 0.05) is 37.1 Å². The van der Waals surface area contributed by atoms with Crippen LogP contribution in [0.1, 0.15) is 36.3 Å². The molecule has 3 aromatic rings. The molecule has 5 rings (SSSR count). The monoisotopic (exact) mass is 440 g/mol. The highest BCUT2D eigenvalue weighted by Crippen LogP contribution is 2.42. The standard InChI is InChI=1S/C24H24N8O/c25-12-15-5-7-27-21(9-15)31-22-11-18(16-1-2-16)10-20(30-22)17-3-4-23(28-13-17)32-8-6-19(14-32)29-24(26)33/h3-5,7,9-11,13,16,19H,1-2,6,8,14H2,(H3,26,29,33)(H,27,30,31)/t19-/m1/s1. The molecule has 0 spiro atoms. The number of nitrogens with zero attached hydrogens (tertiary/aromatic N) is 5. The Morgan fingerprint density at radius 2 is 2.00 bits per heavy atom. The molecule has 4 heterocycles. The predicted octanol–water partition coefficient (Wildman–Crippen LogP) is 3.28. The van der Waals surface area contributed by atoms with Gasteiger partial charge in [0.1, 0.15) is 17.5 Å². The van der Waals surface area contributed by atoms with Crippen molar-refractivity contribution in [3.63, 3.8) is 0 Å². The lowest BCUT2D eigenvalue weighted by Gasteiger charge is -2.18. The SMILES string of the molecule is N#Cc1ccnc(Nc2cc(C3CC3)cc(-c3ccc(N4CC[C@@H](NC(N)=O)C4)nc3)n2)c1. The van der Waals surface area contributed by atoms with Crippen LogP contribution in [0.15, 0.2) is 48.8 Å². The van der Waals surface area contributed by atoms with E-state index >= 15 is 0 Å². The van der Waals surface area contributed by atoms with E-state index < -0.39 is 6.03 Å². The number of nitriles is 1. The smallest absolute Gasteiger partial charge is 0.312 e. The van der Waals surface area contributed by atoms with E-state index in [1.54, 1.807) is 18.3 Å². The van der Waals surface area contributed by atoms with Crippen molar-refractivity contribution in [3.8, 4) is 17.3 Å². The molecule has 2 aliphatic rings. The van der Waals surface area contributed by atoms with Crippen molar-refractivity contribution in [1.29, 1.82) is 5.26 Å². The highest BCUT2D eigenvalue weighted by molar-refractivity contribution is 5.72. The van der Waals surface area contributed by atoms with Crippen molar-refractivity contribution in [2.75, 3.05) is 23.3 Å². The third-order valence-electron chi connectivity index (χ3n) is 5.94. The first-order valence-corrected chi connectivity index (χ1v) is 11.0. The van der Waals surface area contributed by atoms with Crippen molar-refractivity contribution in [1.82, 2.24) is 20.3 Å². The highest BCUT2D eigenvalue weighted by atomic mass is 16.2. The summed E-state index contributed by atoms with van der Waals surface area (Å²) in [4.78, 5) is 27.0. The fourth-order valence-electron chi connectivity index (χ4n) is 4.13. The molecule has 1 aliphatic carbocycles. The minimum absolute atomic E-state index is 0.0441. The molecular weight excluding hydrogens is 416 g/mol. The summed E-state index contributed by atoms with van der Waals surface area (Å²) < 4.78 is 0. The maximum Gasteiger partial charge on any atom is 0.312 e. The number of primary amides is 1. The van der Waals surface area contributed by atoms with Crippen LogP contribution in [0.4, 0.5) is 22.2 Å².